The van der Waals surface area contributed by atoms with E-state index in [4.69, 9.17) is 12.3 Å². The maximum Gasteiger partial charge on any atom is 1.15 e. The Balaban J connectivity index is 0.990. The second-order valence-corrected chi connectivity index (χ2v) is 20.1. The number of aryl methyl sites for hydroxylation is 1. The summed E-state index contributed by atoms with van der Waals surface area (Å²) in [5.41, 5.74) is 3.60. The molecule has 5 aliphatic rings. The van der Waals surface area contributed by atoms with Gasteiger partial charge in [-0.2, -0.15) is 0 Å². The molecule has 5 amide bonds. The van der Waals surface area contributed by atoms with Crippen LogP contribution in [0, 0.1) is 5.92 Å². The third kappa shape index (κ3) is 13.5. The molecule has 7 rings (SSSR count). The van der Waals surface area contributed by atoms with Gasteiger partial charge in [0, 0.05) is 65.7 Å². The topological polar surface area (TPSA) is 274 Å². The Hall–Kier alpha value is -6.03. The Bertz CT molecular complexity index is 2370. The zero-order chi connectivity index (χ0) is 51.8. The number of hydrogen-bond acceptors (Lipinski definition) is 16. The molecule has 5 heterocycles. The Labute approximate surface area is 420 Å². The van der Waals surface area contributed by atoms with Crippen LogP contribution >= 0.6 is 0 Å². The molecule has 5 N–H and O–H groups in total. The number of fused-ring (bicyclic) bond motifs is 3. The zero-order valence-electron chi connectivity index (χ0n) is 40.6. The van der Waals surface area contributed by atoms with E-state index in [0.717, 1.165) is 16.7 Å². The second-order valence-electron chi connectivity index (χ2n) is 19.1. The van der Waals surface area contributed by atoms with Crippen molar-refractivity contribution in [3.63, 3.8) is 0 Å². The number of likely N-dealkylation sites (N-methyl/N-ethyl adjacent to an activating group) is 1. The summed E-state index contributed by atoms with van der Waals surface area (Å²) in [6, 6.07) is 7.02. The Morgan fingerprint density at radius 1 is 0.861 bits per heavy atom. The summed E-state index contributed by atoms with van der Waals surface area (Å²) in [5, 5.41) is 28.0. The number of benzene rings is 2. The minimum atomic E-state index is -3.92. The molecule has 24 heteroatoms. The summed E-state index contributed by atoms with van der Waals surface area (Å²) in [7, 11) is 1.39. The van der Waals surface area contributed by atoms with Crippen LogP contribution in [0.4, 0.5) is 9.21 Å². The molecule has 9 atom stereocenters. The van der Waals surface area contributed by atoms with Gasteiger partial charge in [0.25, 0.3) is 11.9 Å². The molecule has 3 fully saturated rings. The number of nitrogens with zero attached hydrogens (tertiary/aromatic N) is 5. The summed E-state index contributed by atoms with van der Waals surface area (Å²) in [6.45, 7) is 6.84. The largest absolute Gasteiger partial charge is 1.15 e. The van der Waals surface area contributed by atoms with Crippen molar-refractivity contribution in [3.05, 3.63) is 64.7 Å². The number of cyclic esters (lactones) is 1. The van der Waals surface area contributed by atoms with E-state index in [2.05, 4.69) is 20.9 Å². The predicted octanol–water partition coefficient (Wildman–Crippen LogP) is -0.935. The molecule has 72 heavy (non-hydrogen) atoms. The zero-order valence-corrected chi connectivity index (χ0v) is 41.7. The number of hydrogen-bond donors (Lipinski definition) is 5. The highest BCUT2D eigenvalue weighted by molar-refractivity contribution is 6.41. The molecular formula is C48H62AlFN8O14. The number of amides is 5. The first-order valence-corrected chi connectivity index (χ1v) is 25.7. The number of aliphatic hydroxyl groups is 1. The standard InChI is InChI=1S/C48H64N8O14.Al.FH/c1-4-28(2)42(45(66)50-34-13-12-31-6-5-7-32-23-36(56(43(31)32)47(34)68)44(65)51-35-24-41(64)70-48(35)69)52(3)46(67)33(14-15-38(58)59)49-37(57)22-29-8-10-30(11-9-29)25-53-16-18-54(26-39(60)61)20-21-55(19-17-53)27-40(62)63;;/h5-11,28,33-36,42,48,69H,4,12-27H2,1-3H3,(H,49,57)(H,50,66)(H,51,65)(H,58,59)(H,60,61)(H,62,63);;1H/q;+3;/p-3/t28-,33-,34-,35?,36-,42-,48?;;/m0../s1. The fraction of sp³-hybridized carbons (Fsp3) is 0.562. The van der Waals surface area contributed by atoms with Crippen molar-refractivity contribution in [1.29, 1.82) is 0 Å². The molecule has 0 aromatic heterocycles. The van der Waals surface area contributed by atoms with Gasteiger partial charge in [-0.05, 0) is 47.4 Å². The number of rotatable bonds is 16. The van der Waals surface area contributed by atoms with Crippen molar-refractivity contribution < 1.29 is 69.2 Å². The van der Waals surface area contributed by atoms with E-state index in [1.165, 1.54) is 16.8 Å². The molecule has 2 aromatic rings. The summed E-state index contributed by atoms with van der Waals surface area (Å²) in [4.78, 5) is 127. The van der Waals surface area contributed by atoms with Gasteiger partial charge in [0.1, 0.15) is 30.2 Å². The van der Waals surface area contributed by atoms with Crippen molar-refractivity contribution >= 4 is 74.4 Å². The molecule has 2 bridgehead atoms. The lowest BCUT2D eigenvalue weighted by atomic mass is 9.95. The maximum absolute atomic E-state index is 14.5. The number of halogens is 1. The molecule has 0 radical (unpaired) electrons. The Morgan fingerprint density at radius 2 is 1.49 bits per heavy atom. The van der Waals surface area contributed by atoms with Gasteiger partial charge in [-0.3, -0.25) is 62.8 Å². The van der Waals surface area contributed by atoms with Crippen LogP contribution in [0.5, 0.6) is 0 Å². The normalized spacial score (nSPS) is 24.8. The van der Waals surface area contributed by atoms with Crippen LogP contribution in [0.15, 0.2) is 42.5 Å². The van der Waals surface area contributed by atoms with Gasteiger partial charge in [0.2, 0.25) is 35.8 Å². The van der Waals surface area contributed by atoms with Gasteiger partial charge in [0.15, 0.2) is 0 Å². The monoisotopic (exact) mass is 1020 g/mol. The smallest absolute Gasteiger partial charge is 0.558 e. The van der Waals surface area contributed by atoms with Crippen LogP contribution < -0.4 is 20.9 Å². The number of aliphatic carboxylic acids is 1. The summed E-state index contributed by atoms with van der Waals surface area (Å²) >= 11 is -3.92. The average Bonchev–Trinajstić information content (AvgIpc) is 3.86. The minimum Gasteiger partial charge on any atom is -0.558 e. The van der Waals surface area contributed by atoms with Crippen LogP contribution in [0.3, 0.4) is 0 Å². The lowest BCUT2D eigenvalue weighted by Gasteiger charge is -2.35. The van der Waals surface area contributed by atoms with E-state index >= 15 is 0 Å². The number of anilines is 1. The van der Waals surface area contributed by atoms with E-state index in [-0.39, 0.29) is 45.2 Å². The van der Waals surface area contributed by atoms with Crippen molar-refractivity contribution in [2.45, 2.75) is 108 Å². The van der Waals surface area contributed by atoms with Gasteiger partial charge in [-0.25, -0.2) is 0 Å². The molecule has 0 aliphatic carbocycles. The van der Waals surface area contributed by atoms with Gasteiger partial charge >= 0.3 is 27.2 Å². The number of ether oxygens (including phenoxy) is 1. The molecule has 3 saturated heterocycles. The fourth-order valence-corrected chi connectivity index (χ4v) is 10.5. The third-order valence-electron chi connectivity index (χ3n) is 14.0. The van der Waals surface area contributed by atoms with Crippen LogP contribution in [0.1, 0.15) is 68.2 Å². The lowest BCUT2D eigenvalue weighted by Crippen LogP contribution is -2.60. The van der Waals surface area contributed by atoms with Crippen LogP contribution in [-0.4, -0.2) is 194 Å². The summed E-state index contributed by atoms with van der Waals surface area (Å²) in [6.07, 6.45) is -1.59. The molecule has 0 saturated carbocycles. The van der Waals surface area contributed by atoms with Gasteiger partial charge in [-0.15, -0.1) is 0 Å². The second kappa shape index (κ2) is 24.1. The maximum atomic E-state index is 14.5. The van der Waals surface area contributed by atoms with E-state index in [1.54, 1.807) is 19.1 Å². The summed E-state index contributed by atoms with van der Waals surface area (Å²) in [5.74, 6) is -7.04. The lowest BCUT2D eigenvalue weighted by molar-refractivity contribution is -0.155. The number of nitrogens with one attached hydrogen (secondary N) is 3. The molecule has 22 nitrogen and oxygen atoms in total. The number of carbonyl (C=O) groups excluding carboxylic acids is 8. The molecule has 0 spiro atoms. The van der Waals surface area contributed by atoms with Gasteiger partial charge < -0.3 is 46.9 Å². The van der Waals surface area contributed by atoms with E-state index in [1.807, 2.05) is 47.1 Å². The molecule has 5 aliphatic heterocycles. The first kappa shape index (κ1) is 53.8. The molecule has 388 valence electrons. The number of carboxylic acids is 1. The number of para-hydroxylation sites is 1. The third-order valence-corrected chi connectivity index (χ3v) is 14.9. The predicted molar refractivity (Wildman–Crippen MR) is 252 cm³/mol. The summed E-state index contributed by atoms with van der Waals surface area (Å²) < 4.78 is 28.4. The first-order chi connectivity index (χ1) is 34.4. The van der Waals surface area contributed by atoms with Crippen LogP contribution in [0.2, 0.25) is 0 Å². The molecule has 2 aromatic carbocycles. The SMILES string of the molecule is CC[C@H](C)[C@@H](C(=O)N[C@H]1CCc2cccc3c2N(C1=O)[C@H](C(=O)NC1CC(=O)OC1O)C3)N(C)C(=O)[C@H](CCC(=O)O)NC(=O)Cc1ccc(CN2CCN3CCN(CC2)CC(=O)[O][Al]([F])[O]C(=O)C3)cc1. The number of carbonyl (C=O) groups is 9. The van der Waals surface area contributed by atoms with Crippen LogP contribution in [-0.2, 0) is 81.3 Å². The van der Waals surface area contributed by atoms with Crippen molar-refractivity contribution in [2.75, 3.05) is 64.3 Å². The Morgan fingerprint density at radius 3 is 2.10 bits per heavy atom. The number of aliphatic hydroxyl groups excluding tert-OH is 1. The van der Waals surface area contributed by atoms with Crippen molar-refractivity contribution in [1.82, 2.24) is 35.6 Å². The minimum absolute atomic E-state index is 0.142. The molecular weight excluding hydrogens is 959 g/mol. The molecule has 4 unspecified atom stereocenters. The van der Waals surface area contributed by atoms with E-state index < -0.39 is 118 Å². The quantitative estimate of drug-likeness (QED) is 0.100. The first-order valence-electron chi connectivity index (χ1n) is 24.3. The highest BCUT2D eigenvalue weighted by Crippen LogP contribution is 2.39. The number of esters is 1. The highest BCUT2D eigenvalue weighted by atomic mass is 27.3. The van der Waals surface area contributed by atoms with E-state index in [0.29, 0.717) is 69.9 Å². The van der Waals surface area contributed by atoms with E-state index in [9.17, 15) is 56.9 Å². The van der Waals surface area contributed by atoms with Crippen molar-refractivity contribution in [3.8, 4) is 0 Å². The fourth-order valence-electron chi connectivity index (χ4n) is 9.91. The number of carboxylic acid groups (broad SMARTS) is 1. The van der Waals surface area contributed by atoms with Crippen LogP contribution in [0.25, 0.3) is 0 Å². The Kier molecular flexibility index (Phi) is 18.0. The highest BCUT2D eigenvalue weighted by Gasteiger charge is 2.47. The van der Waals surface area contributed by atoms with Crippen molar-refractivity contribution in [2.24, 2.45) is 5.92 Å². The van der Waals surface area contributed by atoms with Gasteiger partial charge in [0.05, 0.1) is 31.6 Å². The van der Waals surface area contributed by atoms with Gasteiger partial charge in [-0.1, -0.05) is 62.7 Å². The average molecular weight is 1020 g/mol.